The quantitative estimate of drug-likeness (QED) is 0.403. The van der Waals surface area contributed by atoms with Gasteiger partial charge in [0.1, 0.15) is 12.4 Å². The maximum Gasteiger partial charge on any atom is 0.254 e. The van der Waals surface area contributed by atoms with E-state index < -0.39 is 0 Å². The van der Waals surface area contributed by atoms with Gasteiger partial charge in [0, 0.05) is 34.0 Å². The molecule has 5 aromatic rings. The first kappa shape index (κ1) is 21.7. The number of thiazole rings is 1. The number of carbonyl (C=O) groups excluding carboxylic acids is 1. The molecule has 170 valence electrons. The summed E-state index contributed by atoms with van der Waals surface area (Å²) in [7, 11) is 0. The van der Waals surface area contributed by atoms with Crippen molar-refractivity contribution in [2.75, 3.05) is 0 Å². The Kier molecular flexibility index (Phi) is 5.77. The molecular weight excluding hydrogens is 453 g/mol. The minimum Gasteiger partial charge on any atom is -0.350 e. The van der Waals surface area contributed by atoms with Gasteiger partial charge in [-0.05, 0) is 31.2 Å². The molecule has 7 nitrogen and oxygen atoms in total. The first-order valence-corrected chi connectivity index (χ1v) is 11.4. The molecule has 1 amide bonds. The van der Waals surface area contributed by atoms with Crippen molar-refractivity contribution in [1.29, 1.82) is 0 Å². The van der Waals surface area contributed by atoms with Crippen molar-refractivity contribution >= 4 is 22.2 Å². The van der Waals surface area contributed by atoms with E-state index in [4.69, 9.17) is 0 Å². The fourth-order valence-electron chi connectivity index (χ4n) is 3.62. The summed E-state index contributed by atoms with van der Waals surface area (Å²) in [5.74, 6) is -0.571. The Labute approximate surface area is 198 Å². The highest BCUT2D eigenvalue weighted by atomic mass is 32.1. The van der Waals surface area contributed by atoms with Crippen LogP contribution < -0.4 is 10.9 Å². The molecule has 0 saturated carbocycles. The van der Waals surface area contributed by atoms with Gasteiger partial charge in [-0.2, -0.15) is 0 Å². The molecule has 1 N–H and O–H groups in total. The summed E-state index contributed by atoms with van der Waals surface area (Å²) in [5, 5.41) is 2.87. The third-order valence-electron chi connectivity index (χ3n) is 5.50. The Balaban J connectivity index is 1.25. The van der Waals surface area contributed by atoms with Gasteiger partial charge in [0.2, 0.25) is 5.91 Å². The number of benzene rings is 2. The summed E-state index contributed by atoms with van der Waals surface area (Å²) in [6.45, 7) is 2.17. The number of carbonyl (C=O) groups is 1. The normalized spacial score (nSPS) is 11.1. The number of amides is 1. The van der Waals surface area contributed by atoms with Gasteiger partial charge in [-0.25, -0.2) is 14.4 Å². The number of nitrogens with zero attached hydrogens (tertiary/aromatic N) is 4. The van der Waals surface area contributed by atoms with Crippen LogP contribution in [-0.4, -0.2) is 24.8 Å². The van der Waals surface area contributed by atoms with Gasteiger partial charge in [-0.1, -0.05) is 41.7 Å². The summed E-state index contributed by atoms with van der Waals surface area (Å²) in [6.07, 6.45) is 3.30. The molecule has 5 rings (SSSR count). The zero-order chi connectivity index (χ0) is 23.7. The van der Waals surface area contributed by atoms with Gasteiger partial charge in [-0.3, -0.25) is 18.6 Å². The molecule has 2 aromatic carbocycles. The minimum atomic E-state index is -0.289. The first-order valence-electron chi connectivity index (χ1n) is 10.6. The fourth-order valence-corrected chi connectivity index (χ4v) is 4.66. The summed E-state index contributed by atoms with van der Waals surface area (Å²) < 4.78 is 16.4. The van der Waals surface area contributed by atoms with E-state index in [-0.39, 0.29) is 23.8 Å². The lowest BCUT2D eigenvalue weighted by atomic mass is 10.1. The zero-order valence-corrected chi connectivity index (χ0v) is 19.1. The summed E-state index contributed by atoms with van der Waals surface area (Å²) in [6, 6.07) is 17.0. The number of nitrogens with one attached hydrogen (secondary N) is 1. The van der Waals surface area contributed by atoms with Crippen molar-refractivity contribution in [2.24, 2.45) is 0 Å². The largest absolute Gasteiger partial charge is 0.350 e. The SMILES string of the molecule is Cc1c(CNC(=O)Cn2cnc(-c3ccccc3)cc2=O)sc2nc(-c3ccc(F)cc3)cn12. The van der Waals surface area contributed by atoms with E-state index in [2.05, 4.69) is 15.3 Å². The lowest BCUT2D eigenvalue weighted by molar-refractivity contribution is -0.121. The molecule has 34 heavy (non-hydrogen) atoms. The number of rotatable bonds is 6. The molecule has 0 spiro atoms. The first-order chi connectivity index (χ1) is 16.5. The highest BCUT2D eigenvalue weighted by Gasteiger charge is 2.14. The molecule has 9 heteroatoms. The van der Waals surface area contributed by atoms with Crippen LogP contribution in [0, 0.1) is 12.7 Å². The molecule has 0 atom stereocenters. The molecule has 0 saturated heterocycles. The molecule has 0 fully saturated rings. The van der Waals surface area contributed by atoms with Crippen LogP contribution in [-0.2, 0) is 17.9 Å². The summed E-state index contributed by atoms with van der Waals surface area (Å²) in [4.78, 5) is 35.6. The van der Waals surface area contributed by atoms with Gasteiger partial charge in [0.15, 0.2) is 4.96 Å². The second-order valence-corrected chi connectivity index (χ2v) is 8.84. The Morgan fingerprint density at radius 3 is 2.50 bits per heavy atom. The van der Waals surface area contributed by atoms with Crippen molar-refractivity contribution in [1.82, 2.24) is 24.3 Å². The van der Waals surface area contributed by atoms with Gasteiger partial charge in [-0.15, -0.1) is 0 Å². The van der Waals surface area contributed by atoms with E-state index in [1.54, 1.807) is 12.1 Å². The highest BCUT2D eigenvalue weighted by Crippen LogP contribution is 2.27. The maximum absolute atomic E-state index is 13.2. The zero-order valence-electron chi connectivity index (χ0n) is 18.2. The van der Waals surface area contributed by atoms with E-state index >= 15 is 0 Å². The van der Waals surface area contributed by atoms with Crippen LogP contribution in [0.15, 0.2) is 78.0 Å². The average molecular weight is 474 g/mol. The number of hydrogen-bond acceptors (Lipinski definition) is 5. The smallest absolute Gasteiger partial charge is 0.254 e. The molecule has 0 bridgehead atoms. The molecule has 0 aliphatic heterocycles. The van der Waals surface area contributed by atoms with Crippen molar-refractivity contribution < 1.29 is 9.18 Å². The van der Waals surface area contributed by atoms with Crippen LogP contribution in [0.2, 0.25) is 0 Å². The highest BCUT2D eigenvalue weighted by molar-refractivity contribution is 7.17. The van der Waals surface area contributed by atoms with E-state index in [0.29, 0.717) is 12.2 Å². The number of aryl methyl sites for hydroxylation is 1. The lowest BCUT2D eigenvalue weighted by Crippen LogP contribution is -2.31. The summed E-state index contributed by atoms with van der Waals surface area (Å²) in [5.41, 5.74) is 3.69. The van der Waals surface area contributed by atoms with Crippen LogP contribution in [0.5, 0.6) is 0 Å². The molecule has 0 aliphatic rings. The van der Waals surface area contributed by atoms with Crippen LogP contribution in [0.1, 0.15) is 10.6 Å². The van der Waals surface area contributed by atoms with E-state index in [1.807, 2.05) is 47.9 Å². The van der Waals surface area contributed by atoms with Crippen molar-refractivity contribution in [3.63, 3.8) is 0 Å². The molecular formula is C25H20FN5O2S. The second-order valence-electron chi connectivity index (χ2n) is 7.78. The topological polar surface area (TPSA) is 81.3 Å². The molecule has 0 unspecified atom stereocenters. The fraction of sp³-hybridized carbons (Fsp3) is 0.120. The monoisotopic (exact) mass is 473 g/mol. The van der Waals surface area contributed by atoms with Gasteiger partial charge >= 0.3 is 0 Å². The van der Waals surface area contributed by atoms with E-state index in [1.165, 1.54) is 40.4 Å². The minimum absolute atomic E-state index is 0.114. The Morgan fingerprint density at radius 1 is 1.06 bits per heavy atom. The Hall–Kier alpha value is -4.11. The number of halogens is 1. The average Bonchev–Trinajstić information content (AvgIpc) is 3.39. The number of aromatic nitrogens is 4. The van der Waals surface area contributed by atoms with Crippen LogP contribution in [0.3, 0.4) is 0 Å². The molecule has 3 aromatic heterocycles. The van der Waals surface area contributed by atoms with E-state index in [0.717, 1.165) is 32.4 Å². The van der Waals surface area contributed by atoms with Gasteiger partial charge < -0.3 is 5.32 Å². The number of hydrogen-bond donors (Lipinski definition) is 1. The predicted molar refractivity (Wildman–Crippen MR) is 129 cm³/mol. The number of fused-ring (bicyclic) bond motifs is 1. The molecule has 3 heterocycles. The molecule has 0 radical (unpaired) electrons. The van der Waals surface area contributed by atoms with Gasteiger partial charge in [0.05, 0.1) is 24.3 Å². The Bertz CT molecular complexity index is 1540. The van der Waals surface area contributed by atoms with Crippen LogP contribution in [0.25, 0.3) is 27.5 Å². The Morgan fingerprint density at radius 2 is 1.79 bits per heavy atom. The van der Waals surface area contributed by atoms with E-state index in [9.17, 15) is 14.0 Å². The molecule has 0 aliphatic carbocycles. The van der Waals surface area contributed by atoms with Crippen molar-refractivity contribution in [3.05, 3.63) is 99.9 Å². The van der Waals surface area contributed by atoms with Crippen molar-refractivity contribution in [3.8, 4) is 22.5 Å². The number of imidazole rings is 1. The van der Waals surface area contributed by atoms with Gasteiger partial charge in [0.25, 0.3) is 5.56 Å². The third-order valence-corrected chi connectivity index (χ3v) is 6.66. The standard InChI is InChI=1S/C25H20FN5O2S/c1-16-22(34-25-29-21(13-31(16)25)18-7-9-19(26)10-8-18)12-27-23(32)14-30-15-28-20(11-24(30)33)17-5-3-2-4-6-17/h2-11,13,15H,12,14H2,1H3,(H,27,32). The second kappa shape index (κ2) is 9.03. The third kappa shape index (κ3) is 4.38. The van der Waals surface area contributed by atoms with Crippen LogP contribution >= 0.6 is 11.3 Å². The van der Waals surface area contributed by atoms with Crippen LogP contribution in [0.4, 0.5) is 4.39 Å². The van der Waals surface area contributed by atoms with Crippen molar-refractivity contribution in [2.45, 2.75) is 20.0 Å². The predicted octanol–water partition coefficient (Wildman–Crippen LogP) is 4.05. The maximum atomic E-state index is 13.2. The summed E-state index contributed by atoms with van der Waals surface area (Å²) >= 11 is 1.48. The lowest BCUT2D eigenvalue weighted by Gasteiger charge is -2.08.